The third kappa shape index (κ3) is 6.48. The van der Waals surface area contributed by atoms with Crippen LogP contribution in [0.3, 0.4) is 0 Å². The summed E-state index contributed by atoms with van der Waals surface area (Å²) in [5.41, 5.74) is 5.02. The second-order valence-electron chi connectivity index (χ2n) is 4.92. The van der Waals surface area contributed by atoms with E-state index in [9.17, 15) is 4.79 Å². The first-order chi connectivity index (χ1) is 9.81. The van der Waals surface area contributed by atoms with Crippen molar-refractivity contribution in [2.24, 2.45) is 10.9 Å². The molecule has 6 nitrogen and oxygen atoms in total. The third-order valence-electron chi connectivity index (χ3n) is 2.53. The Morgan fingerprint density at radius 3 is 2.76 bits per heavy atom. The number of amides is 1. The number of rotatable bonds is 7. The Labute approximate surface area is 132 Å². The average molecular weight is 358 g/mol. The van der Waals surface area contributed by atoms with E-state index in [0.717, 1.165) is 10.2 Å². The lowest BCUT2D eigenvalue weighted by Crippen LogP contribution is -2.52. The first kappa shape index (κ1) is 17.3. The van der Waals surface area contributed by atoms with Crippen LogP contribution in [0.2, 0.25) is 0 Å². The number of amidine groups is 1. The Morgan fingerprint density at radius 2 is 2.14 bits per heavy atom. The van der Waals surface area contributed by atoms with Gasteiger partial charge in [0.25, 0.3) is 0 Å². The SMILES string of the molecule is CC(=O)NC(C)(C)/C(N)=N/OCCOc1cccc(Br)c1. The van der Waals surface area contributed by atoms with Gasteiger partial charge in [-0.2, -0.15) is 0 Å². The fourth-order valence-corrected chi connectivity index (χ4v) is 1.87. The highest BCUT2D eigenvalue weighted by atomic mass is 79.9. The maximum absolute atomic E-state index is 11.0. The summed E-state index contributed by atoms with van der Waals surface area (Å²) in [5, 5.41) is 6.47. The van der Waals surface area contributed by atoms with E-state index in [0.29, 0.717) is 6.61 Å². The van der Waals surface area contributed by atoms with Gasteiger partial charge in [0.2, 0.25) is 5.91 Å². The molecular weight excluding hydrogens is 338 g/mol. The number of nitrogens with two attached hydrogens (primary N) is 1. The minimum atomic E-state index is -0.753. The highest BCUT2D eigenvalue weighted by Gasteiger charge is 2.24. The van der Waals surface area contributed by atoms with Crippen LogP contribution in [0.25, 0.3) is 0 Å². The molecule has 0 radical (unpaired) electrons. The van der Waals surface area contributed by atoms with E-state index in [1.807, 2.05) is 24.3 Å². The summed E-state index contributed by atoms with van der Waals surface area (Å²) in [7, 11) is 0. The third-order valence-corrected chi connectivity index (χ3v) is 3.02. The zero-order chi connectivity index (χ0) is 15.9. The molecule has 0 aliphatic rings. The van der Waals surface area contributed by atoms with Gasteiger partial charge in [-0.3, -0.25) is 4.79 Å². The van der Waals surface area contributed by atoms with Gasteiger partial charge in [0.05, 0.1) is 5.54 Å². The smallest absolute Gasteiger partial charge is 0.217 e. The lowest BCUT2D eigenvalue weighted by Gasteiger charge is -2.24. The van der Waals surface area contributed by atoms with Crippen molar-refractivity contribution in [3.05, 3.63) is 28.7 Å². The van der Waals surface area contributed by atoms with Crippen LogP contribution in [0.1, 0.15) is 20.8 Å². The summed E-state index contributed by atoms with van der Waals surface area (Å²) < 4.78 is 6.43. The molecule has 1 rings (SSSR count). The van der Waals surface area contributed by atoms with Gasteiger partial charge in [0.15, 0.2) is 12.4 Å². The predicted molar refractivity (Wildman–Crippen MR) is 85.1 cm³/mol. The van der Waals surface area contributed by atoms with Crippen LogP contribution in [0, 0.1) is 0 Å². The molecular formula is C14H20BrN3O3. The molecule has 0 saturated carbocycles. The van der Waals surface area contributed by atoms with Gasteiger partial charge in [-0.15, -0.1) is 0 Å². The maximum Gasteiger partial charge on any atom is 0.217 e. The Balaban J connectivity index is 2.35. The lowest BCUT2D eigenvalue weighted by molar-refractivity contribution is -0.119. The molecule has 0 aliphatic heterocycles. The number of carbonyl (C=O) groups is 1. The fourth-order valence-electron chi connectivity index (χ4n) is 1.49. The Hall–Kier alpha value is -1.76. The highest BCUT2D eigenvalue weighted by molar-refractivity contribution is 9.10. The first-order valence-corrected chi connectivity index (χ1v) is 7.23. The average Bonchev–Trinajstić information content (AvgIpc) is 2.36. The largest absolute Gasteiger partial charge is 0.490 e. The molecule has 1 aromatic rings. The molecule has 1 amide bonds. The van der Waals surface area contributed by atoms with E-state index in [1.54, 1.807) is 13.8 Å². The summed E-state index contributed by atoms with van der Waals surface area (Å²) in [4.78, 5) is 16.1. The van der Waals surface area contributed by atoms with Gasteiger partial charge in [0.1, 0.15) is 12.4 Å². The van der Waals surface area contributed by atoms with E-state index in [1.165, 1.54) is 6.92 Å². The van der Waals surface area contributed by atoms with Crippen molar-refractivity contribution in [3.8, 4) is 5.75 Å². The standard InChI is InChI=1S/C14H20BrN3O3/c1-10(19)17-14(2,3)13(16)18-21-8-7-20-12-6-4-5-11(15)9-12/h4-6,9H,7-8H2,1-3H3,(H2,16,18)(H,17,19). The van der Waals surface area contributed by atoms with E-state index < -0.39 is 5.54 Å². The van der Waals surface area contributed by atoms with Crippen LogP contribution in [0.4, 0.5) is 0 Å². The van der Waals surface area contributed by atoms with Gasteiger partial charge in [-0.1, -0.05) is 27.2 Å². The normalized spacial score (nSPS) is 11.9. The molecule has 0 bridgehead atoms. The quantitative estimate of drug-likeness (QED) is 0.338. The summed E-state index contributed by atoms with van der Waals surface area (Å²) >= 11 is 3.36. The van der Waals surface area contributed by atoms with Crippen molar-refractivity contribution < 1.29 is 14.4 Å². The minimum Gasteiger partial charge on any atom is -0.490 e. The second kappa shape index (κ2) is 7.87. The molecule has 0 aromatic heterocycles. The summed E-state index contributed by atoms with van der Waals surface area (Å²) in [5.74, 6) is 0.750. The molecule has 0 aliphatic carbocycles. The van der Waals surface area contributed by atoms with Crippen molar-refractivity contribution in [2.75, 3.05) is 13.2 Å². The van der Waals surface area contributed by atoms with E-state index in [2.05, 4.69) is 26.4 Å². The number of oxime groups is 1. The molecule has 0 heterocycles. The van der Waals surface area contributed by atoms with E-state index >= 15 is 0 Å². The van der Waals surface area contributed by atoms with E-state index in [4.69, 9.17) is 15.3 Å². The highest BCUT2D eigenvalue weighted by Crippen LogP contribution is 2.17. The molecule has 1 aromatic carbocycles. The number of hydrogen-bond acceptors (Lipinski definition) is 4. The van der Waals surface area contributed by atoms with Crippen molar-refractivity contribution >= 4 is 27.7 Å². The van der Waals surface area contributed by atoms with Crippen LogP contribution in [-0.2, 0) is 9.63 Å². The minimum absolute atomic E-state index is 0.184. The molecule has 0 fully saturated rings. The zero-order valence-electron chi connectivity index (χ0n) is 12.4. The van der Waals surface area contributed by atoms with Gasteiger partial charge < -0.3 is 20.6 Å². The van der Waals surface area contributed by atoms with Crippen molar-refractivity contribution in [2.45, 2.75) is 26.3 Å². The topological polar surface area (TPSA) is 85.9 Å². The Bertz CT molecular complexity index is 518. The lowest BCUT2D eigenvalue weighted by atomic mass is 10.0. The van der Waals surface area contributed by atoms with Crippen molar-refractivity contribution in [3.63, 3.8) is 0 Å². The van der Waals surface area contributed by atoms with Crippen molar-refractivity contribution in [1.82, 2.24) is 5.32 Å². The molecule has 0 spiro atoms. The number of ether oxygens (including phenoxy) is 1. The summed E-state index contributed by atoms with van der Waals surface area (Å²) in [6.07, 6.45) is 0. The van der Waals surface area contributed by atoms with Gasteiger partial charge in [-0.05, 0) is 32.0 Å². The fraction of sp³-hybridized carbons (Fsp3) is 0.429. The van der Waals surface area contributed by atoms with Crippen LogP contribution in [0.5, 0.6) is 5.75 Å². The van der Waals surface area contributed by atoms with Crippen LogP contribution < -0.4 is 15.8 Å². The molecule has 0 atom stereocenters. The summed E-state index contributed by atoms with van der Waals surface area (Å²) in [6, 6.07) is 7.50. The Morgan fingerprint density at radius 1 is 1.43 bits per heavy atom. The molecule has 116 valence electrons. The number of hydrogen-bond donors (Lipinski definition) is 2. The second-order valence-corrected chi connectivity index (χ2v) is 5.84. The Kier molecular flexibility index (Phi) is 6.48. The number of nitrogens with one attached hydrogen (secondary N) is 1. The van der Waals surface area contributed by atoms with Crippen LogP contribution >= 0.6 is 15.9 Å². The van der Waals surface area contributed by atoms with Crippen molar-refractivity contribution in [1.29, 1.82) is 0 Å². The van der Waals surface area contributed by atoms with Gasteiger partial charge in [-0.25, -0.2) is 0 Å². The maximum atomic E-state index is 11.0. The monoisotopic (exact) mass is 357 g/mol. The molecule has 0 unspecified atom stereocenters. The van der Waals surface area contributed by atoms with Crippen LogP contribution in [0.15, 0.2) is 33.9 Å². The molecule has 21 heavy (non-hydrogen) atoms. The number of nitrogens with zero attached hydrogens (tertiary/aromatic N) is 1. The van der Waals surface area contributed by atoms with Gasteiger partial charge in [0, 0.05) is 11.4 Å². The molecule has 0 saturated heterocycles. The molecule has 3 N–H and O–H groups in total. The number of halogens is 1. The number of benzene rings is 1. The first-order valence-electron chi connectivity index (χ1n) is 6.44. The zero-order valence-corrected chi connectivity index (χ0v) is 13.9. The predicted octanol–water partition coefficient (Wildman–Crippen LogP) is 2.03. The van der Waals surface area contributed by atoms with Crippen LogP contribution in [-0.4, -0.2) is 30.5 Å². The summed E-state index contributed by atoms with van der Waals surface area (Å²) in [6.45, 7) is 5.50. The molecule has 7 heteroatoms. The van der Waals surface area contributed by atoms with Gasteiger partial charge >= 0.3 is 0 Å². The van der Waals surface area contributed by atoms with E-state index in [-0.39, 0.29) is 18.3 Å². The number of carbonyl (C=O) groups excluding carboxylic acids is 1.